The summed E-state index contributed by atoms with van der Waals surface area (Å²) >= 11 is 0. The van der Waals surface area contributed by atoms with E-state index in [1.807, 2.05) is 24.1 Å². The molecule has 1 aromatic heterocycles. The third kappa shape index (κ3) is 3.82. The summed E-state index contributed by atoms with van der Waals surface area (Å²) in [6.07, 6.45) is 8.54. The van der Waals surface area contributed by atoms with E-state index in [1.165, 1.54) is 5.56 Å². The van der Waals surface area contributed by atoms with Crippen LogP contribution >= 0.6 is 0 Å². The number of nitrogens with zero attached hydrogens (tertiary/aromatic N) is 2. The van der Waals surface area contributed by atoms with E-state index in [2.05, 4.69) is 11.9 Å². The zero-order valence-electron chi connectivity index (χ0n) is 13.2. The van der Waals surface area contributed by atoms with Crippen LogP contribution < -0.4 is 5.73 Å². The fourth-order valence-corrected chi connectivity index (χ4v) is 3.17. The largest absolute Gasteiger partial charge is 0.345 e. The number of likely N-dealkylation sites (N-methyl/N-ethyl adjacent to an activating group) is 1. The molecule has 0 spiro atoms. The molecule has 1 aliphatic carbocycles. The Bertz CT molecular complexity index is 452. The van der Waals surface area contributed by atoms with Gasteiger partial charge in [0.1, 0.15) is 0 Å². The lowest BCUT2D eigenvalue weighted by Crippen LogP contribution is -2.49. The van der Waals surface area contributed by atoms with Crippen molar-refractivity contribution in [3.63, 3.8) is 0 Å². The smallest absolute Gasteiger partial charge is 0.229 e. The van der Waals surface area contributed by atoms with Crippen molar-refractivity contribution in [3.05, 3.63) is 30.1 Å². The van der Waals surface area contributed by atoms with Crippen LogP contribution in [0.25, 0.3) is 0 Å². The summed E-state index contributed by atoms with van der Waals surface area (Å²) in [4.78, 5) is 18.7. The van der Waals surface area contributed by atoms with Crippen LogP contribution in [-0.2, 0) is 11.2 Å². The van der Waals surface area contributed by atoms with Crippen LogP contribution in [-0.4, -0.2) is 35.9 Å². The van der Waals surface area contributed by atoms with E-state index < -0.39 is 0 Å². The first kappa shape index (κ1) is 16.0. The Kier molecular flexibility index (Phi) is 5.34. The highest BCUT2D eigenvalue weighted by atomic mass is 16.2. The van der Waals surface area contributed by atoms with Gasteiger partial charge < -0.3 is 10.6 Å². The van der Waals surface area contributed by atoms with Crippen LogP contribution in [0.4, 0.5) is 0 Å². The number of amides is 1. The maximum Gasteiger partial charge on any atom is 0.229 e. The lowest BCUT2D eigenvalue weighted by atomic mass is 9.70. The summed E-state index contributed by atoms with van der Waals surface area (Å²) in [5.41, 5.74) is 6.87. The highest BCUT2D eigenvalue weighted by molar-refractivity contribution is 5.83. The molecule has 0 unspecified atom stereocenters. The van der Waals surface area contributed by atoms with Crippen LogP contribution in [0.3, 0.4) is 0 Å². The van der Waals surface area contributed by atoms with Gasteiger partial charge in [-0.1, -0.05) is 6.92 Å². The standard InChI is InChI=1S/C17H27N3O/c1-14-3-8-17(13-18,9-4-14)16(21)20(2)12-7-15-5-10-19-11-6-15/h5-6,10-11,14H,3-4,7-9,12-13,18H2,1-2H3. The maximum absolute atomic E-state index is 12.8. The third-order valence-electron chi connectivity index (χ3n) is 4.91. The summed E-state index contributed by atoms with van der Waals surface area (Å²) < 4.78 is 0. The molecule has 1 heterocycles. The predicted octanol–water partition coefficient (Wildman–Crippen LogP) is 2.24. The molecule has 4 nitrogen and oxygen atoms in total. The van der Waals surface area contributed by atoms with Gasteiger partial charge in [0, 0.05) is 32.5 Å². The monoisotopic (exact) mass is 289 g/mol. The zero-order chi connectivity index (χ0) is 15.3. The van der Waals surface area contributed by atoms with Gasteiger partial charge in [0.25, 0.3) is 0 Å². The molecule has 116 valence electrons. The SMILES string of the molecule is CC1CCC(CN)(C(=O)N(C)CCc2ccncc2)CC1. The number of hydrogen-bond donors (Lipinski definition) is 1. The topological polar surface area (TPSA) is 59.2 Å². The molecule has 1 aliphatic rings. The van der Waals surface area contributed by atoms with Crippen molar-refractivity contribution < 1.29 is 4.79 Å². The van der Waals surface area contributed by atoms with Gasteiger partial charge in [-0.25, -0.2) is 0 Å². The first-order chi connectivity index (χ1) is 10.1. The van der Waals surface area contributed by atoms with Crippen molar-refractivity contribution in [3.8, 4) is 0 Å². The second-order valence-corrected chi connectivity index (χ2v) is 6.50. The lowest BCUT2D eigenvalue weighted by Gasteiger charge is -2.39. The van der Waals surface area contributed by atoms with E-state index in [1.54, 1.807) is 12.4 Å². The van der Waals surface area contributed by atoms with Gasteiger partial charge in [0.05, 0.1) is 5.41 Å². The Balaban J connectivity index is 1.94. The normalized spacial score (nSPS) is 25.6. The minimum Gasteiger partial charge on any atom is -0.345 e. The number of carbonyl (C=O) groups is 1. The average molecular weight is 289 g/mol. The van der Waals surface area contributed by atoms with Crippen LogP contribution in [0.5, 0.6) is 0 Å². The second kappa shape index (κ2) is 7.03. The Morgan fingerprint density at radius 2 is 2.00 bits per heavy atom. The molecule has 0 aromatic carbocycles. The summed E-state index contributed by atoms with van der Waals surface area (Å²) in [5, 5.41) is 0. The molecule has 0 aliphatic heterocycles. The first-order valence-corrected chi connectivity index (χ1v) is 7.92. The molecule has 0 bridgehead atoms. The molecule has 2 N–H and O–H groups in total. The minimum atomic E-state index is -0.320. The molecule has 0 saturated heterocycles. The molecule has 2 rings (SSSR count). The lowest BCUT2D eigenvalue weighted by molar-refractivity contribution is -0.142. The van der Waals surface area contributed by atoms with Crippen molar-refractivity contribution in [2.45, 2.75) is 39.0 Å². The van der Waals surface area contributed by atoms with E-state index in [-0.39, 0.29) is 11.3 Å². The highest BCUT2D eigenvalue weighted by Gasteiger charge is 2.41. The van der Waals surface area contributed by atoms with Crippen molar-refractivity contribution in [1.29, 1.82) is 0 Å². The molecule has 4 heteroatoms. The molecule has 21 heavy (non-hydrogen) atoms. The van der Waals surface area contributed by atoms with Gasteiger partial charge in [-0.15, -0.1) is 0 Å². The Morgan fingerprint density at radius 3 is 2.57 bits per heavy atom. The summed E-state index contributed by atoms with van der Waals surface area (Å²) in [6.45, 7) is 3.47. The highest BCUT2D eigenvalue weighted by Crippen LogP contribution is 2.39. The summed E-state index contributed by atoms with van der Waals surface area (Å²) in [6, 6.07) is 4.00. The van der Waals surface area contributed by atoms with Gasteiger partial charge in [-0.3, -0.25) is 9.78 Å². The van der Waals surface area contributed by atoms with Crippen molar-refractivity contribution in [2.24, 2.45) is 17.1 Å². The van der Waals surface area contributed by atoms with Crippen LogP contribution in [0, 0.1) is 11.3 Å². The van der Waals surface area contributed by atoms with E-state index in [0.29, 0.717) is 6.54 Å². The molecular weight excluding hydrogens is 262 g/mol. The summed E-state index contributed by atoms with van der Waals surface area (Å²) in [7, 11) is 1.90. The number of aromatic nitrogens is 1. The van der Waals surface area contributed by atoms with Gasteiger partial charge >= 0.3 is 0 Å². The molecule has 1 saturated carbocycles. The molecule has 0 atom stereocenters. The van der Waals surface area contributed by atoms with Gasteiger partial charge in [0.2, 0.25) is 5.91 Å². The fourth-order valence-electron chi connectivity index (χ4n) is 3.17. The number of pyridine rings is 1. The molecule has 1 aromatic rings. The number of hydrogen-bond acceptors (Lipinski definition) is 3. The first-order valence-electron chi connectivity index (χ1n) is 7.92. The molecule has 1 amide bonds. The fraction of sp³-hybridized carbons (Fsp3) is 0.647. The van der Waals surface area contributed by atoms with E-state index >= 15 is 0 Å². The average Bonchev–Trinajstić information content (AvgIpc) is 2.54. The van der Waals surface area contributed by atoms with Crippen LogP contribution in [0.2, 0.25) is 0 Å². The van der Waals surface area contributed by atoms with E-state index in [0.717, 1.165) is 44.6 Å². The van der Waals surface area contributed by atoms with E-state index in [9.17, 15) is 4.79 Å². The Hall–Kier alpha value is -1.42. The van der Waals surface area contributed by atoms with Crippen LogP contribution in [0.15, 0.2) is 24.5 Å². The van der Waals surface area contributed by atoms with Crippen molar-refractivity contribution >= 4 is 5.91 Å². The second-order valence-electron chi connectivity index (χ2n) is 6.50. The van der Waals surface area contributed by atoms with Crippen molar-refractivity contribution in [1.82, 2.24) is 9.88 Å². The number of rotatable bonds is 5. The molecule has 1 fully saturated rings. The minimum absolute atomic E-state index is 0.228. The third-order valence-corrected chi connectivity index (χ3v) is 4.91. The number of carbonyl (C=O) groups excluding carboxylic acids is 1. The van der Waals surface area contributed by atoms with Gasteiger partial charge in [0.15, 0.2) is 0 Å². The molecular formula is C17H27N3O. The van der Waals surface area contributed by atoms with E-state index in [4.69, 9.17) is 5.73 Å². The van der Waals surface area contributed by atoms with Gasteiger partial charge in [-0.2, -0.15) is 0 Å². The Labute approximate surface area is 127 Å². The van der Waals surface area contributed by atoms with Crippen molar-refractivity contribution in [2.75, 3.05) is 20.1 Å². The van der Waals surface area contributed by atoms with Gasteiger partial charge in [-0.05, 0) is 55.7 Å². The zero-order valence-corrected chi connectivity index (χ0v) is 13.2. The molecule has 0 radical (unpaired) electrons. The Morgan fingerprint density at radius 1 is 1.38 bits per heavy atom. The maximum atomic E-state index is 12.8. The summed E-state index contributed by atoms with van der Waals surface area (Å²) in [5.74, 6) is 0.950. The number of nitrogens with two attached hydrogens (primary N) is 1. The van der Waals surface area contributed by atoms with Crippen LogP contribution in [0.1, 0.15) is 38.2 Å². The predicted molar refractivity (Wildman–Crippen MR) is 84.7 cm³/mol. The quantitative estimate of drug-likeness (QED) is 0.904.